The number of nitrogens with one attached hydrogen (secondary N) is 1. The van der Waals surface area contributed by atoms with Crippen molar-refractivity contribution in [1.82, 2.24) is 4.72 Å². The fraction of sp³-hybridized carbons (Fsp3) is 0.364. The van der Waals surface area contributed by atoms with Crippen molar-refractivity contribution >= 4 is 38.8 Å². The normalized spacial score (nSPS) is 14.0. The van der Waals surface area contributed by atoms with Gasteiger partial charge in [-0.2, -0.15) is 13.2 Å². The molecule has 118 valence electrons. The molecule has 21 heavy (non-hydrogen) atoms. The minimum absolute atomic E-state index is 0.0271. The fourth-order valence-electron chi connectivity index (χ4n) is 1.59. The molecule has 0 saturated heterocycles. The van der Waals surface area contributed by atoms with Gasteiger partial charge in [0, 0.05) is 11.6 Å². The highest BCUT2D eigenvalue weighted by atomic mass is 35.5. The second kappa shape index (κ2) is 6.47. The van der Waals surface area contributed by atoms with Crippen LogP contribution in [0, 0.1) is 0 Å². The molecule has 0 bridgehead atoms. The first-order valence-electron chi connectivity index (χ1n) is 5.61. The van der Waals surface area contributed by atoms with Gasteiger partial charge in [0.15, 0.2) is 0 Å². The quantitative estimate of drug-likeness (QED) is 0.792. The van der Waals surface area contributed by atoms with E-state index in [4.69, 9.17) is 29.6 Å². The summed E-state index contributed by atoms with van der Waals surface area (Å²) < 4.78 is 62.6. The predicted octanol–water partition coefficient (Wildman–Crippen LogP) is 2.59. The van der Waals surface area contributed by atoms with E-state index in [0.29, 0.717) is 5.56 Å². The minimum Gasteiger partial charge on any atom is -0.389 e. The van der Waals surface area contributed by atoms with Crippen LogP contribution in [0.5, 0.6) is 0 Å². The molecule has 4 nitrogen and oxygen atoms in total. The van der Waals surface area contributed by atoms with Crippen LogP contribution < -0.4 is 10.5 Å². The van der Waals surface area contributed by atoms with E-state index in [1.165, 1.54) is 12.1 Å². The summed E-state index contributed by atoms with van der Waals surface area (Å²) in [4.78, 5) is -0.308. The Kier molecular flexibility index (Phi) is 5.59. The maximum Gasteiger partial charge on any atom is 0.390 e. The highest BCUT2D eigenvalue weighted by Gasteiger charge is 2.32. The number of alkyl halides is 3. The van der Waals surface area contributed by atoms with Crippen molar-refractivity contribution in [2.24, 2.45) is 5.73 Å². The largest absolute Gasteiger partial charge is 0.390 e. The van der Waals surface area contributed by atoms with Gasteiger partial charge >= 0.3 is 6.18 Å². The highest BCUT2D eigenvalue weighted by molar-refractivity contribution is 7.89. The van der Waals surface area contributed by atoms with Crippen molar-refractivity contribution < 1.29 is 21.6 Å². The molecule has 0 aliphatic rings. The summed E-state index contributed by atoms with van der Waals surface area (Å²) in [5, 5.41) is -0.174. The van der Waals surface area contributed by atoms with Crippen molar-refractivity contribution in [1.29, 1.82) is 0 Å². The number of sulfonamides is 1. The molecule has 0 aliphatic heterocycles. The first-order chi connectivity index (χ1) is 9.42. The molecule has 0 amide bonds. The third-order valence-corrected chi connectivity index (χ3v) is 4.71. The first kappa shape index (κ1) is 18.1. The molecule has 1 unspecified atom stereocenters. The van der Waals surface area contributed by atoms with E-state index in [-0.39, 0.29) is 14.9 Å². The molecule has 0 aromatic heterocycles. The Balaban J connectivity index is 3.01. The maximum atomic E-state index is 12.2. The Hall–Kier alpha value is -0.900. The lowest BCUT2D eigenvalue weighted by Crippen LogP contribution is -2.36. The van der Waals surface area contributed by atoms with Gasteiger partial charge in [-0.05, 0) is 19.1 Å². The van der Waals surface area contributed by atoms with E-state index in [1.54, 1.807) is 0 Å². The summed E-state index contributed by atoms with van der Waals surface area (Å²) in [5.74, 6) is 0. The average Bonchev–Trinajstić information content (AvgIpc) is 2.24. The zero-order valence-corrected chi connectivity index (χ0v) is 13.1. The predicted molar refractivity (Wildman–Crippen MR) is 77.8 cm³/mol. The van der Waals surface area contributed by atoms with Crippen LogP contribution in [0.15, 0.2) is 23.1 Å². The molecule has 1 rings (SSSR count). The molecule has 0 fully saturated rings. The van der Waals surface area contributed by atoms with Gasteiger partial charge in [0.05, 0.1) is 11.4 Å². The van der Waals surface area contributed by atoms with Crippen LogP contribution in [0.25, 0.3) is 0 Å². The number of halogens is 4. The van der Waals surface area contributed by atoms with Gasteiger partial charge in [-0.1, -0.05) is 29.9 Å². The standard InChI is InChI=1S/C11H12ClF3N2O2S2/c1-6(5-11(13,14)15)17-21(18,19)9-3-2-7(10(16)20)4-8(9)12/h2-4,6,17H,5H2,1H3,(H2,16,20). The lowest BCUT2D eigenvalue weighted by molar-refractivity contribution is -0.137. The van der Waals surface area contributed by atoms with Crippen molar-refractivity contribution in [2.75, 3.05) is 0 Å². The van der Waals surface area contributed by atoms with Gasteiger partial charge < -0.3 is 5.73 Å². The summed E-state index contributed by atoms with van der Waals surface area (Å²) in [6.45, 7) is 1.11. The molecule has 0 heterocycles. The van der Waals surface area contributed by atoms with Crippen LogP contribution in [-0.2, 0) is 10.0 Å². The van der Waals surface area contributed by atoms with Crippen molar-refractivity contribution in [3.05, 3.63) is 28.8 Å². The van der Waals surface area contributed by atoms with Crippen LogP contribution in [0.4, 0.5) is 13.2 Å². The fourth-order valence-corrected chi connectivity index (χ4v) is 3.50. The second-order valence-corrected chi connectivity index (χ2v) is 6.88. The van der Waals surface area contributed by atoms with Crippen molar-refractivity contribution in [3.63, 3.8) is 0 Å². The monoisotopic (exact) mass is 360 g/mol. The third kappa shape index (κ3) is 5.42. The second-order valence-electron chi connectivity index (χ2n) is 4.35. The number of hydrogen-bond acceptors (Lipinski definition) is 3. The Morgan fingerprint density at radius 2 is 2.05 bits per heavy atom. The minimum atomic E-state index is -4.47. The maximum absolute atomic E-state index is 12.2. The van der Waals surface area contributed by atoms with Gasteiger partial charge in [-0.25, -0.2) is 13.1 Å². The highest BCUT2D eigenvalue weighted by Crippen LogP contribution is 2.25. The Morgan fingerprint density at radius 3 is 2.48 bits per heavy atom. The van der Waals surface area contributed by atoms with Gasteiger partial charge in [-0.15, -0.1) is 0 Å². The average molecular weight is 361 g/mol. The van der Waals surface area contributed by atoms with Crippen LogP contribution in [0.2, 0.25) is 5.02 Å². The Labute approximate surface area is 130 Å². The number of thiocarbonyl (C=S) groups is 1. The van der Waals surface area contributed by atoms with E-state index >= 15 is 0 Å². The van der Waals surface area contributed by atoms with Crippen LogP contribution in [-0.4, -0.2) is 25.6 Å². The van der Waals surface area contributed by atoms with E-state index in [9.17, 15) is 21.6 Å². The molecule has 0 saturated carbocycles. The molecule has 0 radical (unpaired) electrons. The van der Waals surface area contributed by atoms with E-state index in [0.717, 1.165) is 13.0 Å². The summed E-state index contributed by atoms with van der Waals surface area (Å²) >= 11 is 10.5. The molecule has 0 aliphatic carbocycles. The van der Waals surface area contributed by atoms with E-state index < -0.39 is 28.7 Å². The lowest BCUT2D eigenvalue weighted by Gasteiger charge is -2.16. The molecule has 3 N–H and O–H groups in total. The number of nitrogens with two attached hydrogens (primary N) is 1. The van der Waals surface area contributed by atoms with Crippen LogP contribution in [0.1, 0.15) is 18.9 Å². The Morgan fingerprint density at radius 1 is 1.48 bits per heavy atom. The van der Waals surface area contributed by atoms with Crippen LogP contribution in [0.3, 0.4) is 0 Å². The summed E-state index contributed by atoms with van der Waals surface area (Å²) in [6.07, 6.45) is -5.75. The zero-order valence-electron chi connectivity index (χ0n) is 10.7. The molecule has 10 heteroatoms. The Bertz CT molecular complexity index is 647. The molecular weight excluding hydrogens is 349 g/mol. The summed E-state index contributed by atoms with van der Waals surface area (Å²) in [7, 11) is -4.17. The topological polar surface area (TPSA) is 72.2 Å². The summed E-state index contributed by atoms with van der Waals surface area (Å²) in [6, 6.07) is 2.39. The molecule has 1 aromatic carbocycles. The molecule has 1 aromatic rings. The van der Waals surface area contributed by atoms with Gasteiger partial charge in [0.1, 0.15) is 9.88 Å². The van der Waals surface area contributed by atoms with Gasteiger partial charge in [-0.3, -0.25) is 0 Å². The summed E-state index contributed by atoms with van der Waals surface area (Å²) in [5.41, 5.74) is 5.73. The molecular formula is C11H12ClF3N2O2S2. The van der Waals surface area contributed by atoms with Crippen LogP contribution >= 0.6 is 23.8 Å². The van der Waals surface area contributed by atoms with Gasteiger partial charge in [0.2, 0.25) is 10.0 Å². The third-order valence-electron chi connectivity index (χ3n) is 2.40. The smallest absolute Gasteiger partial charge is 0.389 e. The van der Waals surface area contributed by atoms with E-state index in [1.807, 2.05) is 4.72 Å². The molecule has 1 atom stereocenters. The first-order valence-corrected chi connectivity index (χ1v) is 7.88. The van der Waals surface area contributed by atoms with E-state index in [2.05, 4.69) is 0 Å². The zero-order chi connectivity index (χ0) is 16.4. The number of rotatable bonds is 5. The lowest BCUT2D eigenvalue weighted by atomic mass is 10.2. The SMILES string of the molecule is CC(CC(F)(F)F)NS(=O)(=O)c1ccc(C(N)=S)cc1Cl. The number of benzene rings is 1. The van der Waals surface area contributed by atoms with Gasteiger partial charge in [0.25, 0.3) is 0 Å². The molecule has 0 spiro atoms. The van der Waals surface area contributed by atoms with Crippen molar-refractivity contribution in [3.8, 4) is 0 Å². The number of hydrogen-bond donors (Lipinski definition) is 2. The van der Waals surface area contributed by atoms with Crippen molar-refractivity contribution in [2.45, 2.75) is 30.5 Å².